The van der Waals surface area contributed by atoms with E-state index < -0.39 is 11.9 Å². The van der Waals surface area contributed by atoms with Gasteiger partial charge in [-0.3, -0.25) is 9.69 Å². The van der Waals surface area contributed by atoms with E-state index in [2.05, 4.69) is 34.7 Å². The van der Waals surface area contributed by atoms with Gasteiger partial charge in [0.05, 0.1) is 0 Å². The second-order valence-corrected chi connectivity index (χ2v) is 6.94. The number of carboxylic acid groups (broad SMARTS) is 2. The highest BCUT2D eigenvalue weighted by Crippen LogP contribution is 2.16. The van der Waals surface area contributed by atoms with E-state index in [1.165, 1.54) is 0 Å². The molecule has 27 heavy (non-hydrogen) atoms. The largest absolute Gasteiger partial charge is 0.484 e. The number of aliphatic carboxylic acids is 2. The number of rotatable bonds is 5. The van der Waals surface area contributed by atoms with Crippen LogP contribution in [0.3, 0.4) is 0 Å². The fourth-order valence-electron chi connectivity index (χ4n) is 2.44. The number of carbonyl (C=O) groups is 3. The Kier molecular flexibility index (Phi) is 9.81. The van der Waals surface area contributed by atoms with E-state index >= 15 is 0 Å². The average Bonchev–Trinajstić information content (AvgIpc) is 2.67. The third-order valence-corrected chi connectivity index (χ3v) is 4.77. The molecule has 1 amide bonds. The SMILES string of the molecule is CCC(C)N1CCN(C(=O)COc2ccc(Br)cc2)CC1.O=C(O)C(=O)O. The summed E-state index contributed by atoms with van der Waals surface area (Å²) in [6.45, 7) is 8.07. The molecule has 0 bridgehead atoms. The van der Waals surface area contributed by atoms with Crippen molar-refractivity contribution in [2.75, 3.05) is 32.8 Å². The molecule has 1 fully saturated rings. The van der Waals surface area contributed by atoms with Crippen LogP contribution in [-0.2, 0) is 14.4 Å². The molecule has 2 N–H and O–H groups in total. The molecule has 1 aliphatic heterocycles. The number of benzene rings is 1. The van der Waals surface area contributed by atoms with Gasteiger partial charge in [-0.15, -0.1) is 0 Å². The Bertz CT molecular complexity index is 617. The van der Waals surface area contributed by atoms with E-state index in [0.29, 0.717) is 6.04 Å². The minimum atomic E-state index is -1.82. The summed E-state index contributed by atoms with van der Waals surface area (Å²) in [5.41, 5.74) is 0. The molecule has 1 aromatic carbocycles. The van der Waals surface area contributed by atoms with Crippen molar-refractivity contribution in [3.63, 3.8) is 0 Å². The van der Waals surface area contributed by atoms with Crippen molar-refractivity contribution in [3.05, 3.63) is 28.7 Å². The van der Waals surface area contributed by atoms with Crippen LogP contribution in [0.25, 0.3) is 0 Å². The van der Waals surface area contributed by atoms with Gasteiger partial charge in [0.2, 0.25) is 0 Å². The van der Waals surface area contributed by atoms with Crippen LogP contribution in [-0.4, -0.2) is 76.7 Å². The summed E-state index contributed by atoms with van der Waals surface area (Å²) in [7, 11) is 0. The quantitative estimate of drug-likeness (QED) is 0.667. The molecule has 0 aliphatic carbocycles. The summed E-state index contributed by atoms with van der Waals surface area (Å²) >= 11 is 3.38. The number of halogens is 1. The lowest BCUT2D eigenvalue weighted by molar-refractivity contribution is -0.159. The van der Waals surface area contributed by atoms with Crippen molar-refractivity contribution in [1.29, 1.82) is 0 Å². The van der Waals surface area contributed by atoms with Crippen LogP contribution in [0, 0.1) is 0 Å². The minimum Gasteiger partial charge on any atom is -0.484 e. The molecule has 1 heterocycles. The van der Waals surface area contributed by atoms with E-state index in [1.54, 1.807) is 0 Å². The van der Waals surface area contributed by atoms with Gasteiger partial charge in [-0.25, -0.2) is 9.59 Å². The van der Waals surface area contributed by atoms with E-state index in [-0.39, 0.29) is 12.5 Å². The molecule has 9 heteroatoms. The summed E-state index contributed by atoms with van der Waals surface area (Å²) < 4.78 is 6.55. The van der Waals surface area contributed by atoms with Gasteiger partial charge in [0.25, 0.3) is 5.91 Å². The first-order chi connectivity index (χ1) is 12.7. The predicted octanol–water partition coefficient (Wildman–Crippen LogP) is 1.93. The Morgan fingerprint density at radius 1 is 1.07 bits per heavy atom. The maximum Gasteiger partial charge on any atom is 0.414 e. The Labute approximate surface area is 166 Å². The topological polar surface area (TPSA) is 107 Å². The van der Waals surface area contributed by atoms with Crippen LogP contribution in [0.4, 0.5) is 0 Å². The van der Waals surface area contributed by atoms with Crippen LogP contribution < -0.4 is 4.74 Å². The van der Waals surface area contributed by atoms with E-state index in [1.807, 2.05) is 29.2 Å². The standard InChI is InChI=1S/C16H23BrN2O2.C2H2O4/c1-3-13(2)18-8-10-19(11-9-18)16(20)12-21-15-6-4-14(17)5-7-15;3-1(4)2(5)6/h4-7,13H,3,8-12H2,1-2H3;(H,3,4)(H,5,6). The van der Waals surface area contributed by atoms with Crippen LogP contribution in [0.2, 0.25) is 0 Å². The molecule has 2 rings (SSSR count). The number of carbonyl (C=O) groups excluding carboxylic acids is 1. The summed E-state index contributed by atoms with van der Waals surface area (Å²) in [5.74, 6) is -2.85. The van der Waals surface area contributed by atoms with Gasteiger partial charge in [0.1, 0.15) is 5.75 Å². The smallest absolute Gasteiger partial charge is 0.414 e. The van der Waals surface area contributed by atoms with Gasteiger partial charge >= 0.3 is 11.9 Å². The molecule has 0 saturated carbocycles. The molecule has 0 spiro atoms. The molecule has 8 nitrogen and oxygen atoms in total. The van der Waals surface area contributed by atoms with Gasteiger partial charge in [0.15, 0.2) is 6.61 Å². The van der Waals surface area contributed by atoms with Crippen molar-refractivity contribution >= 4 is 33.8 Å². The van der Waals surface area contributed by atoms with Gasteiger partial charge < -0.3 is 19.8 Å². The molecular formula is C18H25BrN2O6. The van der Waals surface area contributed by atoms with Crippen molar-refractivity contribution in [3.8, 4) is 5.75 Å². The number of piperazine rings is 1. The van der Waals surface area contributed by atoms with Gasteiger partial charge in [-0.05, 0) is 37.6 Å². The first kappa shape index (κ1) is 22.9. The molecule has 0 radical (unpaired) electrons. The van der Waals surface area contributed by atoms with Crippen molar-refractivity contribution in [2.24, 2.45) is 0 Å². The first-order valence-electron chi connectivity index (χ1n) is 8.61. The minimum absolute atomic E-state index is 0.0710. The van der Waals surface area contributed by atoms with E-state index in [9.17, 15) is 4.79 Å². The van der Waals surface area contributed by atoms with Crippen molar-refractivity contribution < 1.29 is 29.3 Å². The van der Waals surface area contributed by atoms with Crippen LogP contribution in [0.15, 0.2) is 28.7 Å². The van der Waals surface area contributed by atoms with Gasteiger partial charge in [0, 0.05) is 36.7 Å². The highest BCUT2D eigenvalue weighted by molar-refractivity contribution is 9.10. The second kappa shape index (κ2) is 11.6. The third kappa shape index (κ3) is 8.40. The maximum absolute atomic E-state index is 12.2. The lowest BCUT2D eigenvalue weighted by Crippen LogP contribution is -2.52. The highest BCUT2D eigenvalue weighted by atomic mass is 79.9. The summed E-state index contributed by atoms with van der Waals surface area (Å²) in [6, 6.07) is 8.13. The number of ether oxygens (including phenoxy) is 1. The monoisotopic (exact) mass is 444 g/mol. The Morgan fingerprint density at radius 3 is 2.04 bits per heavy atom. The lowest BCUT2D eigenvalue weighted by atomic mass is 10.2. The second-order valence-electron chi connectivity index (χ2n) is 6.03. The summed E-state index contributed by atoms with van der Waals surface area (Å²) in [5, 5.41) is 14.8. The first-order valence-corrected chi connectivity index (χ1v) is 9.40. The lowest BCUT2D eigenvalue weighted by Gasteiger charge is -2.37. The number of hydrogen-bond acceptors (Lipinski definition) is 5. The number of carboxylic acids is 2. The Balaban J connectivity index is 0.000000527. The van der Waals surface area contributed by atoms with Crippen LogP contribution in [0.1, 0.15) is 20.3 Å². The molecular weight excluding hydrogens is 420 g/mol. The Hall–Kier alpha value is -2.13. The van der Waals surface area contributed by atoms with E-state index in [0.717, 1.165) is 42.8 Å². The predicted molar refractivity (Wildman–Crippen MR) is 103 cm³/mol. The zero-order chi connectivity index (χ0) is 20.4. The average molecular weight is 445 g/mol. The van der Waals surface area contributed by atoms with Crippen LogP contribution >= 0.6 is 15.9 Å². The van der Waals surface area contributed by atoms with E-state index in [4.69, 9.17) is 24.5 Å². The fraction of sp³-hybridized carbons (Fsp3) is 0.500. The molecule has 1 unspecified atom stereocenters. The zero-order valence-corrected chi connectivity index (χ0v) is 17.0. The Morgan fingerprint density at radius 2 is 1.59 bits per heavy atom. The zero-order valence-electron chi connectivity index (χ0n) is 15.4. The molecule has 1 saturated heterocycles. The maximum atomic E-state index is 12.2. The molecule has 1 atom stereocenters. The molecule has 150 valence electrons. The fourth-order valence-corrected chi connectivity index (χ4v) is 2.70. The summed E-state index contributed by atoms with van der Waals surface area (Å²) in [4.78, 5) is 34.7. The molecule has 1 aromatic rings. The number of amides is 1. The van der Waals surface area contributed by atoms with Gasteiger partial charge in [-0.1, -0.05) is 22.9 Å². The summed E-state index contributed by atoms with van der Waals surface area (Å²) in [6.07, 6.45) is 1.15. The van der Waals surface area contributed by atoms with Crippen molar-refractivity contribution in [1.82, 2.24) is 9.80 Å². The number of nitrogens with zero attached hydrogens (tertiary/aromatic N) is 2. The molecule has 0 aromatic heterocycles. The van der Waals surface area contributed by atoms with Crippen molar-refractivity contribution in [2.45, 2.75) is 26.3 Å². The number of hydrogen-bond donors (Lipinski definition) is 2. The normalized spacial score (nSPS) is 15.3. The van der Waals surface area contributed by atoms with Crippen LogP contribution in [0.5, 0.6) is 5.75 Å². The highest BCUT2D eigenvalue weighted by Gasteiger charge is 2.23. The third-order valence-electron chi connectivity index (χ3n) is 4.24. The molecule has 1 aliphatic rings. The van der Waals surface area contributed by atoms with Gasteiger partial charge in [-0.2, -0.15) is 0 Å².